The zero-order valence-electron chi connectivity index (χ0n) is 17.6. The van der Waals surface area contributed by atoms with Gasteiger partial charge in [-0.1, -0.05) is 32.9 Å². The summed E-state index contributed by atoms with van der Waals surface area (Å²) in [6.07, 6.45) is 1.05. The van der Waals surface area contributed by atoms with Gasteiger partial charge in [-0.3, -0.25) is 4.79 Å². The van der Waals surface area contributed by atoms with Crippen molar-refractivity contribution in [3.05, 3.63) is 41.6 Å². The minimum atomic E-state index is -0.123. The average Bonchev–Trinajstić information content (AvgIpc) is 3.07. The molecule has 0 N–H and O–H groups in total. The van der Waals surface area contributed by atoms with Gasteiger partial charge in [0.2, 0.25) is 5.91 Å². The van der Waals surface area contributed by atoms with Gasteiger partial charge in [0.25, 0.3) is 0 Å². The van der Waals surface area contributed by atoms with Gasteiger partial charge in [0.05, 0.1) is 18.5 Å². The van der Waals surface area contributed by atoms with E-state index >= 15 is 0 Å². The summed E-state index contributed by atoms with van der Waals surface area (Å²) in [5.41, 5.74) is 1.85. The molecule has 0 unspecified atom stereocenters. The zero-order chi connectivity index (χ0) is 20.3. The normalized spacial score (nSPS) is 15.0. The van der Waals surface area contributed by atoms with Crippen LogP contribution in [0.4, 0.5) is 5.69 Å². The quantitative estimate of drug-likeness (QED) is 0.787. The Kier molecular flexibility index (Phi) is 5.96. The molecular formula is C22H31N3O3. The van der Waals surface area contributed by atoms with Crippen molar-refractivity contribution >= 4 is 11.6 Å². The molecule has 1 aliphatic heterocycles. The Labute approximate surface area is 167 Å². The van der Waals surface area contributed by atoms with Gasteiger partial charge in [-0.05, 0) is 19.1 Å². The molecule has 6 nitrogen and oxygen atoms in total. The van der Waals surface area contributed by atoms with Crippen LogP contribution in [-0.2, 0) is 16.6 Å². The van der Waals surface area contributed by atoms with Crippen LogP contribution >= 0.6 is 0 Å². The van der Waals surface area contributed by atoms with Crippen LogP contribution in [0.3, 0.4) is 0 Å². The van der Waals surface area contributed by atoms with Gasteiger partial charge in [0.15, 0.2) is 5.89 Å². The fourth-order valence-electron chi connectivity index (χ4n) is 3.45. The van der Waals surface area contributed by atoms with Crippen LogP contribution in [0.25, 0.3) is 0 Å². The molecule has 0 atom stereocenters. The van der Waals surface area contributed by atoms with E-state index in [0.29, 0.717) is 12.8 Å². The van der Waals surface area contributed by atoms with Crippen molar-refractivity contribution in [2.45, 2.75) is 46.0 Å². The monoisotopic (exact) mass is 385 g/mol. The predicted octanol–water partition coefficient (Wildman–Crippen LogP) is 3.57. The van der Waals surface area contributed by atoms with Crippen LogP contribution in [-0.4, -0.2) is 49.1 Å². The van der Waals surface area contributed by atoms with Gasteiger partial charge < -0.3 is 19.0 Å². The summed E-state index contributed by atoms with van der Waals surface area (Å²) in [4.78, 5) is 21.4. The van der Waals surface area contributed by atoms with Crippen LogP contribution in [0, 0.1) is 6.92 Å². The Morgan fingerprint density at radius 2 is 1.86 bits per heavy atom. The number of hydrogen-bond acceptors (Lipinski definition) is 5. The van der Waals surface area contributed by atoms with Gasteiger partial charge in [-0.25, -0.2) is 4.98 Å². The molecule has 2 aromatic rings. The number of ether oxygens (including phenoxy) is 1. The molecular weight excluding hydrogens is 354 g/mol. The molecule has 28 heavy (non-hydrogen) atoms. The lowest BCUT2D eigenvalue weighted by molar-refractivity contribution is -0.131. The molecule has 0 saturated carbocycles. The molecule has 0 bridgehead atoms. The Hall–Kier alpha value is -2.50. The van der Waals surface area contributed by atoms with Crippen LogP contribution in [0.2, 0.25) is 0 Å². The molecule has 1 saturated heterocycles. The highest BCUT2D eigenvalue weighted by Crippen LogP contribution is 2.28. The molecule has 1 aromatic carbocycles. The number of methoxy groups -OCH3 is 1. The Bertz CT molecular complexity index is 815. The molecule has 0 radical (unpaired) electrons. The van der Waals surface area contributed by atoms with Gasteiger partial charge >= 0.3 is 0 Å². The van der Waals surface area contributed by atoms with Gasteiger partial charge in [0.1, 0.15) is 11.5 Å². The SMILES string of the molecule is COc1ccccc1N1CCN(C(=O)CCc2oc(C(C)(C)C)nc2C)CC1. The van der Waals surface area contributed by atoms with E-state index in [0.717, 1.165) is 55.0 Å². The smallest absolute Gasteiger partial charge is 0.223 e. The van der Waals surface area contributed by atoms with Crippen molar-refractivity contribution in [1.82, 2.24) is 9.88 Å². The highest BCUT2D eigenvalue weighted by atomic mass is 16.5. The average molecular weight is 386 g/mol. The lowest BCUT2D eigenvalue weighted by Crippen LogP contribution is -2.48. The number of anilines is 1. The number of piperazine rings is 1. The molecule has 1 amide bonds. The van der Waals surface area contributed by atoms with Gasteiger partial charge in [-0.15, -0.1) is 0 Å². The number of aromatic nitrogens is 1. The molecule has 1 fully saturated rings. The summed E-state index contributed by atoms with van der Waals surface area (Å²) in [5, 5.41) is 0. The Morgan fingerprint density at radius 1 is 1.18 bits per heavy atom. The highest BCUT2D eigenvalue weighted by molar-refractivity contribution is 5.77. The van der Waals surface area contributed by atoms with E-state index in [1.165, 1.54) is 0 Å². The number of hydrogen-bond donors (Lipinski definition) is 0. The lowest BCUT2D eigenvalue weighted by Gasteiger charge is -2.36. The van der Waals surface area contributed by atoms with E-state index in [9.17, 15) is 4.79 Å². The van der Waals surface area contributed by atoms with Crippen LogP contribution in [0.15, 0.2) is 28.7 Å². The summed E-state index contributed by atoms with van der Waals surface area (Å²) >= 11 is 0. The number of nitrogens with zero attached hydrogens (tertiary/aromatic N) is 3. The molecule has 1 aliphatic rings. The number of para-hydroxylation sites is 2. The van der Waals surface area contributed by atoms with Crippen LogP contribution in [0.5, 0.6) is 5.75 Å². The first-order valence-electron chi connectivity index (χ1n) is 9.92. The first-order valence-corrected chi connectivity index (χ1v) is 9.92. The van der Waals surface area contributed by atoms with E-state index in [1.807, 2.05) is 30.0 Å². The maximum absolute atomic E-state index is 12.7. The van der Waals surface area contributed by atoms with E-state index < -0.39 is 0 Å². The Balaban J connectivity index is 1.54. The summed E-state index contributed by atoms with van der Waals surface area (Å²) < 4.78 is 11.4. The summed E-state index contributed by atoms with van der Waals surface area (Å²) in [6.45, 7) is 11.2. The number of rotatable bonds is 5. The predicted molar refractivity (Wildman–Crippen MR) is 110 cm³/mol. The van der Waals surface area contributed by atoms with Gasteiger partial charge in [-0.2, -0.15) is 0 Å². The van der Waals surface area contributed by atoms with Crippen LogP contribution < -0.4 is 9.64 Å². The molecule has 6 heteroatoms. The van der Waals surface area contributed by atoms with E-state index in [2.05, 4.69) is 36.7 Å². The second-order valence-electron chi connectivity index (χ2n) is 8.32. The number of carbonyl (C=O) groups excluding carboxylic acids is 1. The maximum Gasteiger partial charge on any atom is 0.223 e. The van der Waals surface area contributed by atoms with Crippen LogP contribution in [0.1, 0.15) is 44.5 Å². The summed E-state index contributed by atoms with van der Waals surface area (Å²) in [6, 6.07) is 8.02. The topological polar surface area (TPSA) is 58.8 Å². The minimum absolute atomic E-state index is 0.123. The molecule has 152 valence electrons. The van der Waals surface area contributed by atoms with Crippen molar-refractivity contribution in [1.29, 1.82) is 0 Å². The third-order valence-corrected chi connectivity index (χ3v) is 5.16. The maximum atomic E-state index is 12.7. The first kappa shape index (κ1) is 20.2. The third-order valence-electron chi connectivity index (χ3n) is 5.16. The minimum Gasteiger partial charge on any atom is -0.495 e. The van der Waals surface area contributed by atoms with Crippen molar-refractivity contribution in [2.24, 2.45) is 0 Å². The second kappa shape index (κ2) is 8.25. The van der Waals surface area contributed by atoms with Gasteiger partial charge in [0, 0.05) is 44.4 Å². The van der Waals surface area contributed by atoms with E-state index in [-0.39, 0.29) is 11.3 Å². The fourth-order valence-corrected chi connectivity index (χ4v) is 3.45. The largest absolute Gasteiger partial charge is 0.495 e. The molecule has 1 aromatic heterocycles. The summed E-state index contributed by atoms with van der Waals surface area (Å²) in [5.74, 6) is 2.61. The summed E-state index contributed by atoms with van der Waals surface area (Å²) in [7, 11) is 1.69. The number of carbonyl (C=O) groups is 1. The van der Waals surface area contributed by atoms with Crippen molar-refractivity contribution in [3.8, 4) is 5.75 Å². The number of amides is 1. The Morgan fingerprint density at radius 3 is 2.46 bits per heavy atom. The highest BCUT2D eigenvalue weighted by Gasteiger charge is 2.25. The second-order valence-corrected chi connectivity index (χ2v) is 8.32. The molecule has 2 heterocycles. The molecule has 3 rings (SSSR count). The van der Waals surface area contributed by atoms with Crippen molar-refractivity contribution in [3.63, 3.8) is 0 Å². The number of oxazole rings is 1. The molecule has 0 aliphatic carbocycles. The zero-order valence-corrected chi connectivity index (χ0v) is 17.6. The van der Waals surface area contributed by atoms with E-state index in [4.69, 9.17) is 9.15 Å². The molecule has 0 spiro atoms. The van der Waals surface area contributed by atoms with Crippen molar-refractivity contribution < 1.29 is 13.9 Å². The fraction of sp³-hybridized carbons (Fsp3) is 0.545. The van der Waals surface area contributed by atoms with E-state index in [1.54, 1.807) is 7.11 Å². The first-order chi connectivity index (χ1) is 13.3. The standard InChI is InChI=1S/C22H31N3O3/c1-16-18(28-21(23-16)22(2,3)4)10-11-20(26)25-14-12-24(13-15-25)17-8-6-7-9-19(17)27-5/h6-9H,10-15H2,1-5H3. The number of benzene rings is 1. The lowest BCUT2D eigenvalue weighted by atomic mass is 9.97. The van der Waals surface area contributed by atoms with Crippen molar-refractivity contribution in [2.75, 3.05) is 38.2 Å². The third kappa shape index (κ3) is 4.49. The number of aryl methyl sites for hydroxylation is 2.